The van der Waals surface area contributed by atoms with E-state index in [9.17, 15) is 5.11 Å². The van der Waals surface area contributed by atoms with Gasteiger partial charge in [-0.25, -0.2) is 0 Å². The van der Waals surface area contributed by atoms with Crippen molar-refractivity contribution < 1.29 is 5.11 Å². The molecule has 1 aromatic heterocycles. The standard InChI is InChI=1S/C19H27ClN4O.HI/c1-5-21-19(24(4)13-17-10-16(20)12-23(17)3)22-11-18(25)15-8-6-7-14(2)9-15;/h6-10,12,18,25H,5,11,13H2,1-4H3,(H,21,22);1H. The Bertz CT molecular complexity index is 732. The molecule has 7 heteroatoms. The smallest absolute Gasteiger partial charge is 0.194 e. The molecule has 0 fully saturated rings. The highest BCUT2D eigenvalue weighted by molar-refractivity contribution is 14.0. The van der Waals surface area contributed by atoms with Crippen molar-refractivity contribution in [2.75, 3.05) is 20.1 Å². The first kappa shape index (κ1) is 22.8. The van der Waals surface area contributed by atoms with Crippen LogP contribution in [0.1, 0.15) is 29.8 Å². The van der Waals surface area contributed by atoms with E-state index >= 15 is 0 Å². The summed E-state index contributed by atoms with van der Waals surface area (Å²) >= 11 is 6.05. The zero-order chi connectivity index (χ0) is 18.4. The lowest BCUT2D eigenvalue weighted by atomic mass is 10.1. The number of guanidine groups is 1. The highest BCUT2D eigenvalue weighted by Gasteiger charge is 2.12. The molecule has 5 nitrogen and oxygen atoms in total. The lowest BCUT2D eigenvalue weighted by Crippen LogP contribution is -2.39. The average Bonchev–Trinajstić information content (AvgIpc) is 2.88. The number of aryl methyl sites for hydroxylation is 2. The fourth-order valence-electron chi connectivity index (χ4n) is 2.67. The summed E-state index contributed by atoms with van der Waals surface area (Å²) in [6, 6.07) is 9.83. The number of halogens is 2. The minimum Gasteiger partial charge on any atom is -0.386 e. The third-order valence-corrected chi connectivity index (χ3v) is 4.22. The summed E-state index contributed by atoms with van der Waals surface area (Å²) < 4.78 is 2.00. The number of hydrogen-bond acceptors (Lipinski definition) is 2. The molecule has 2 aromatic rings. The van der Waals surface area contributed by atoms with Gasteiger partial charge in [-0.15, -0.1) is 24.0 Å². The first-order chi connectivity index (χ1) is 11.9. The second-order valence-electron chi connectivity index (χ2n) is 6.24. The lowest BCUT2D eigenvalue weighted by Gasteiger charge is -2.23. The maximum atomic E-state index is 10.4. The van der Waals surface area contributed by atoms with Gasteiger partial charge in [-0.3, -0.25) is 4.99 Å². The van der Waals surface area contributed by atoms with E-state index in [1.165, 1.54) is 0 Å². The normalized spacial score (nSPS) is 12.5. The molecule has 1 heterocycles. The van der Waals surface area contributed by atoms with Gasteiger partial charge in [0.05, 0.1) is 24.2 Å². The van der Waals surface area contributed by atoms with Crippen LogP contribution in [0, 0.1) is 6.92 Å². The Morgan fingerprint density at radius 3 is 2.69 bits per heavy atom. The molecule has 0 aliphatic rings. The Balaban J connectivity index is 0.00000338. The van der Waals surface area contributed by atoms with Crippen LogP contribution in [0.4, 0.5) is 0 Å². The summed E-state index contributed by atoms with van der Waals surface area (Å²) in [6.45, 7) is 5.79. The number of nitrogens with zero attached hydrogens (tertiary/aromatic N) is 3. The molecular weight excluding hydrogens is 463 g/mol. The van der Waals surface area contributed by atoms with Crippen LogP contribution in [0.5, 0.6) is 0 Å². The second-order valence-corrected chi connectivity index (χ2v) is 6.68. The number of nitrogens with one attached hydrogen (secondary N) is 1. The number of aliphatic imine (C=N–C) groups is 1. The van der Waals surface area contributed by atoms with Crippen molar-refractivity contribution in [1.82, 2.24) is 14.8 Å². The van der Waals surface area contributed by atoms with Gasteiger partial charge in [-0.05, 0) is 25.5 Å². The minimum absolute atomic E-state index is 0. The quantitative estimate of drug-likeness (QED) is 0.368. The van der Waals surface area contributed by atoms with E-state index in [2.05, 4.69) is 10.3 Å². The van der Waals surface area contributed by atoms with E-state index in [1.54, 1.807) is 0 Å². The van der Waals surface area contributed by atoms with Gasteiger partial charge in [0.15, 0.2) is 5.96 Å². The summed E-state index contributed by atoms with van der Waals surface area (Å²) in [5.74, 6) is 0.756. The van der Waals surface area contributed by atoms with Crippen LogP contribution < -0.4 is 5.32 Å². The summed E-state index contributed by atoms with van der Waals surface area (Å²) in [6.07, 6.45) is 1.27. The molecule has 0 saturated carbocycles. The highest BCUT2D eigenvalue weighted by atomic mass is 127. The lowest BCUT2D eigenvalue weighted by molar-refractivity contribution is 0.186. The molecule has 0 aliphatic carbocycles. The van der Waals surface area contributed by atoms with Gasteiger partial charge in [0, 0.05) is 32.5 Å². The summed E-state index contributed by atoms with van der Waals surface area (Å²) in [7, 11) is 3.95. The highest BCUT2D eigenvalue weighted by Crippen LogP contribution is 2.16. The van der Waals surface area contributed by atoms with Crippen molar-refractivity contribution in [2.24, 2.45) is 12.0 Å². The monoisotopic (exact) mass is 490 g/mol. The number of aromatic nitrogens is 1. The summed E-state index contributed by atoms with van der Waals surface area (Å²) in [5, 5.41) is 14.4. The number of hydrogen-bond donors (Lipinski definition) is 2. The Morgan fingerprint density at radius 1 is 1.38 bits per heavy atom. The maximum absolute atomic E-state index is 10.4. The number of aliphatic hydroxyl groups excluding tert-OH is 1. The van der Waals surface area contributed by atoms with Crippen molar-refractivity contribution in [3.8, 4) is 0 Å². The van der Waals surface area contributed by atoms with Crippen LogP contribution in [-0.4, -0.2) is 40.7 Å². The zero-order valence-electron chi connectivity index (χ0n) is 15.7. The molecule has 0 aliphatic heterocycles. The van der Waals surface area contributed by atoms with E-state index in [-0.39, 0.29) is 24.0 Å². The molecule has 0 radical (unpaired) electrons. The Kier molecular flexibility index (Phi) is 9.46. The largest absolute Gasteiger partial charge is 0.386 e. The van der Waals surface area contributed by atoms with E-state index in [1.807, 2.05) is 73.9 Å². The van der Waals surface area contributed by atoms with Crippen molar-refractivity contribution in [3.63, 3.8) is 0 Å². The predicted octanol–water partition coefficient (Wildman–Crippen LogP) is 3.74. The van der Waals surface area contributed by atoms with Gasteiger partial charge in [-0.1, -0.05) is 41.4 Å². The van der Waals surface area contributed by atoms with Crippen molar-refractivity contribution in [1.29, 1.82) is 0 Å². The molecule has 26 heavy (non-hydrogen) atoms. The molecule has 0 bridgehead atoms. The van der Waals surface area contributed by atoms with Crippen molar-refractivity contribution in [3.05, 3.63) is 58.4 Å². The molecule has 2 N–H and O–H groups in total. The van der Waals surface area contributed by atoms with E-state index in [0.717, 1.165) is 34.3 Å². The molecular formula is C19H28ClIN4O. The zero-order valence-corrected chi connectivity index (χ0v) is 18.8. The number of benzene rings is 1. The van der Waals surface area contributed by atoms with Gasteiger partial charge < -0.3 is 19.9 Å². The number of aliphatic hydroxyl groups is 1. The van der Waals surface area contributed by atoms with Crippen molar-refractivity contribution >= 4 is 41.5 Å². The first-order valence-electron chi connectivity index (χ1n) is 8.45. The molecule has 0 amide bonds. The topological polar surface area (TPSA) is 52.8 Å². The Hall–Kier alpha value is -1.25. The van der Waals surface area contributed by atoms with Crippen LogP contribution in [0.2, 0.25) is 5.02 Å². The van der Waals surface area contributed by atoms with E-state index in [0.29, 0.717) is 13.1 Å². The van der Waals surface area contributed by atoms with Gasteiger partial charge in [0.1, 0.15) is 0 Å². The van der Waals surface area contributed by atoms with Crippen molar-refractivity contribution in [2.45, 2.75) is 26.5 Å². The van der Waals surface area contributed by atoms with Crippen LogP contribution in [0.3, 0.4) is 0 Å². The maximum Gasteiger partial charge on any atom is 0.194 e. The summed E-state index contributed by atoms with van der Waals surface area (Å²) in [4.78, 5) is 6.62. The number of rotatable bonds is 6. The average molecular weight is 491 g/mol. The van der Waals surface area contributed by atoms with Gasteiger partial charge in [0.2, 0.25) is 0 Å². The van der Waals surface area contributed by atoms with Crippen LogP contribution in [-0.2, 0) is 13.6 Å². The Labute approximate surface area is 178 Å². The molecule has 0 saturated heterocycles. The van der Waals surface area contributed by atoms with Gasteiger partial charge in [0.25, 0.3) is 0 Å². The van der Waals surface area contributed by atoms with Crippen LogP contribution in [0.15, 0.2) is 41.5 Å². The summed E-state index contributed by atoms with van der Waals surface area (Å²) in [5.41, 5.74) is 3.11. The Morgan fingerprint density at radius 2 is 2.12 bits per heavy atom. The fourth-order valence-corrected chi connectivity index (χ4v) is 2.94. The molecule has 2 rings (SSSR count). The third kappa shape index (κ3) is 6.48. The van der Waals surface area contributed by atoms with Crippen LogP contribution in [0.25, 0.3) is 0 Å². The van der Waals surface area contributed by atoms with Gasteiger partial charge >= 0.3 is 0 Å². The molecule has 1 atom stereocenters. The van der Waals surface area contributed by atoms with Gasteiger partial charge in [-0.2, -0.15) is 0 Å². The van der Waals surface area contributed by atoms with E-state index < -0.39 is 6.10 Å². The first-order valence-corrected chi connectivity index (χ1v) is 8.83. The minimum atomic E-state index is -0.619. The fraction of sp³-hybridized carbons (Fsp3) is 0.421. The third-order valence-electron chi connectivity index (χ3n) is 4.01. The predicted molar refractivity (Wildman–Crippen MR) is 119 cm³/mol. The second kappa shape index (κ2) is 10.8. The molecule has 0 spiro atoms. The molecule has 144 valence electrons. The SMILES string of the molecule is CCNC(=NCC(O)c1cccc(C)c1)N(C)Cc1cc(Cl)cn1C.I. The molecule has 1 unspecified atom stereocenters. The van der Waals surface area contributed by atoms with E-state index in [4.69, 9.17) is 11.6 Å². The van der Waals surface area contributed by atoms with Crippen LogP contribution >= 0.6 is 35.6 Å². The molecule has 1 aromatic carbocycles.